The van der Waals surface area contributed by atoms with E-state index in [2.05, 4.69) is 6.92 Å². The molecule has 0 bridgehead atoms. The molecule has 0 aliphatic carbocycles. The van der Waals surface area contributed by atoms with E-state index in [1.807, 2.05) is 0 Å². The lowest BCUT2D eigenvalue weighted by molar-refractivity contribution is 0.230. The van der Waals surface area contributed by atoms with Crippen LogP contribution >= 0.6 is 21.6 Å². The van der Waals surface area contributed by atoms with Gasteiger partial charge in [-0.05, 0) is 28.0 Å². The smallest absolute Gasteiger partial charge is 0.177 e. The van der Waals surface area contributed by atoms with E-state index in [9.17, 15) is 0 Å². The molecule has 3 heteroatoms. The Labute approximate surface area is 51.3 Å². The molecule has 1 aliphatic rings. The van der Waals surface area contributed by atoms with Gasteiger partial charge in [-0.3, -0.25) is 0 Å². The van der Waals surface area contributed by atoms with Gasteiger partial charge in [0.2, 0.25) is 0 Å². The van der Waals surface area contributed by atoms with Gasteiger partial charge in [0.05, 0.1) is 0 Å². The molecule has 0 unspecified atom stereocenters. The zero-order valence-corrected chi connectivity index (χ0v) is 5.81. The van der Waals surface area contributed by atoms with Crippen LogP contribution in [0.5, 0.6) is 0 Å². The van der Waals surface area contributed by atoms with E-state index in [4.69, 9.17) is 5.11 Å². The predicted molar refractivity (Wildman–Crippen MR) is 35.0 cm³/mol. The largest absolute Gasteiger partial charge is 0.369 e. The molecule has 1 nitrogen and oxygen atoms in total. The lowest BCUT2D eigenvalue weighted by atomic mass is 10.4. The molecule has 42 valence electrons. The number of aliphatic hydroxyl groups is 1. The van der Waals surface area contributed by atoms with Crippen LogP contribution in [0, 0.1) is 0 Å². The summed E-state index contributed by atoms with van der Waals surface area (Å²) in [5, 5.41) is 9.05. The van der Waals surface area contributed by atoms with E-state index < -0.39 is 0 Å². The highest BCUT2D eigenvalue weighted by atomic mass is 33.2. The standard InChI is InChI=1S/C4H8OS2/c1-2-3-4(5)6-7-4/h5H,2-3H2,1H3. The van der Waals surface area contributed by atoms with Gasteiger partial charge in [-0.2, -0.15) is 0 Å². The van der Waals surface area contributed by atoms with Crippen molar-refractivity contribution in [1.29, 1.82) is 0 Å². The van der Waals surface area contributed by atoms with Gasteiger partial charge in [0.1, 0.15) is 0 Å². The molecule has 1 N–H and O–H groups in total. The van der Waals surface area contributed by atoms with Crippen LogP contribution in [0.4, 0.5) is 0 Å². The average molecular weight is 136 g/mol. The Hall–Kier alpha value is 0.660. The summed E-state index contributed by atoms with van der Waals surface area (Å²) in [6.07, 6.45) is 2.01. The minimum Gasteiger partial charge on any atom is -0.369 e. The highest BCUT2D eigenvalue weighted by molar-refractivity contribution is 8.93. The van der Waals surface area contributed by atoms with Crippen molar-refractivity contribution in [3.63, 3.8) is 0 Å². The summed E-state index contributed by atoms with van der Waals surface area (Å²) in [6.45, 7) is 2.08. The highest BCUT2D eigenvalue weighted by Crippen LogP contribution is 2.64. The van der Waals surface area contributed by atoms with E-state index in [-0.39, 0.29) is 4.27 Å². The average Bonchev–Trinajstić information content (AvgIpc) is 2.22. The minimum atomic E-state index is -0.366. The molecule has 1 aliphatic heterocycles. The molecule has 0 aromatic heterocycles. The van der Waals surface area contributed by atoms with Crippen LogP contribution < -0.4 is 0 Å². The van der Waals surface area contributed by atoms with Gasteiger partial charge in [-0.15, -0.1) is 0 Å². The highest BCUT2D eigenvalue weighted by Gasteiger charge is 2.42. The van der Waals surface area contributed by atoms with E-state index >= 15 is 0 Å². The van der Waals surface area contributed by atoms with E-state index in [1.54, 1.807) is 21.6 Å². The minimum absolute atomic E-state index is 0.366. The molecule has 7 heavy (non-hydrogen) atoms. The quantitative estimate of drug-likeness (QED) is 0.462. The number of hydrogen-bond acceptors (Lipinski definition) is 3. The van der Waals surface area contributed by atoms with Gasteiger partial charge in [-0.1, -0.05) is 13.3 Å². The van der Waals surface area contributed by atoms with Gasteiger partial charge in [0.15, 0.2) is 4.27 Å². The normalized spacial score (nSPS) is 24.9. The van der Waals surface area contributed by atoms with Crippen molar-refractivity contribution in [2.45, 2.75) is 24.0 Å². The Bertz CT molecular complexity index is 70.1. The van der Waals surface area contributed by atoms with Crippen LogP contribution in [0.25, 0.3) is 0 Å². The second-order valence-electron chi connectivity index (χ2n) is 1.63. The topological polar surface area (TPSA) is 20.2 Å². The van der Waals surface area contributed by atoms with Crippen LogP contribution in [-0.2, 0) is 0 Å². The fourth-order valence-electron chi connectivity index (χ4n) is 0.447. The third kappa shape index (κ3) is 1.55. The molecule has 0 atom stereocenters. The van der Waals surface area contributed by atoms with Crippen molar-refractivity contribution in [3.05, 3.63) is 0 Å². The molecule has 1 fully saturated rings. The van der Waals surface area contributed by atoms with Crippen molar-refractivity contribution in [3.8, 4) is 0 Å². The third-order valence-corrected chi connectivity index (χ3v) is 3.46. The van der Waals surface area contributed by atoms with Gasteiger partial charge in [0, 0.05) is 0 Å². The first-order valence-corrected chi connectivity index (χ1v) is 4.51. The first-order valence-electron chi connectivity index (χ1n) is 2.36. The van der Waals surface area contributed by atoms with E-state index in [0.717, 1.165) is 12.8 Å². The fraction of sp³-hybridized carbons (Fsp3) is 1.00. The predicted octanol–water partition coefficient (Wildman–Crippen LogP) is 1.83. The molecular weight excluding hydrogens is 128 g/mol. The summed E-state index contributed by atoms with van der Waals surface area (Å²) in [5.41, 5.74) is 0. The molecule has 1 rings (SSSR count). The van der Waals surface area contributed by atoms with Gasteiger partial charge >= 0.3 is 0 Å². The molecule has 0 radical (unpaired) electrons. The summed E-state index contributed by atoms with van der Waals surface area (Å²) in [5.74, 6) is 0. The SMILES string of the molecule is CCCC1(O)SS1. The molecule has 0 aromatic carbocycles. The van der Waals surface area contributed by atoms with Gasteiger partial charge in [0.25, 0.3) is 0 Å². The summed E-state index contributed by atoms with van der Waals surface area (Å²) in [6, 6.07) is 0. The van der Waals surface area contributed by atoms with Crippen LogP contribution in [-0.4, -0.2) is 9.37 Å². The first-order chi connectivity index (χ1) is 3.27. The third-order valence-electron chi connectivity index (χ3n) is 0.842. The Kier molecular flexibility index (Phi) is 1.55. The van der Waals surface area contributed by atoms with Crippen molar-refractivity contribution >= 4 is 21.6 Å². The summed E-state index contributed by atoms with van der Waals surface area (Å²) < 4.78 is -0.366. The first kappa shape index (κ1) is 5.79. The Balaban J connectivity index is 2.13. The maximum atomic E-state index is 9.05. The van der Waals surface area contributed by atoms with Crippen molar-refractivity contribution in [2.24, 2.45) is 0 Å². The monoisotopic (exact) mass is 136 g/mol. The van der Waals surface area contributed by atoms with Crippen LogP contribution in [0.3, 0.4) is 0 Å². The lowest BCUT2D eigenvalue weighted by Crippen LogP contribution is -1.99. The summed E-state index contributed by atoms with van der Waals surface area (Å²) in [4.78, 5) is 0. The second-order valence-corrected chi connectivity index (χ2v) is 4.57. The van der Waals surface area contributed by atoms with Crippen molar-refractivity contribution in [1.82, 2.24) is 0 Å². The van der Waals surface area contributed by atoms with Crippen molar-refractivity contribution in [2.75, 3.05) is 0 Å². The van der Waals surface area contributed by atoms with Crippen LogP contribution in [0.2, 0.25) is 0 Å². The van der Waals surface area contributed by atoms with Crippen LogP contribution in [0.1, 0.15) is 19.8 Å². The van der Waals surface area contributed by atoms with Crippen molar-refractivity contribution < 1.29 is 5.11 Å². The zero-order chi connectivity index (χ0) is 5.33. The molecule has 0 saturated carbocycles. The van der Waals surface area contributed by atoms with Gasteiger partial charge in [-0.25, -0.2) is 0 Å². The second kappa shape index (κ2) is 1.88. The zero-order valence-electron chi connectivity index (χ0n) is 4.18. The molecule has 1 heterocycles. The summed E-state index contributed by atoms with van der Waals surface area (Å²) >= 11 is 0. The summed E-state index contributed by atoms with van der Waals surface area (Å²) in [7, 11) is 3.13. The van der Waals surface area contributed by atoms with E-state index in [0.29, 0.717) is 0 Å². The number of rotatable bonds is 2. The Morgan fingerprint density at radius 1 is 1.57 bits per heavy atom. The molecule has 1 saturated heterocycles. The van der Waals surface area contributed by atoms with Gasteiger partial charge < -0.3 is 5.11 Å². The van der Waals surface area contributed by atoms with E-state index in [1.165, 1.54) is 0 Å². The Morgan fingerprint density at radius 2 is 2.14 bits per heavy atom. The number of hydrogen-bond donors (Lipinski definition) is 1. The molecule has 0 spiro atoms. The fourth-order valence-corrected chi connectivity index (χ4v) is 1.91. The molecular formula is C4H8OS2. The maximum Gasteiger partial charge on any atom is 0.177 e. The molecule has 0 aromatic rings. The lowest BCUT2D eigenvalue weighted by Gasteiger charge is -1.95. The van der Waals surface area contributed by atoms with Crippen LogP contribution in [0.15, 0.2) is 0 Å². The molecule has 0 amide bonds. The maximum absolute atomic E-state index is 9.05. The Morgan fingerprint density at radius 3 is 2.29 bits per heavy atom.